The quantitative estimate of drug-likeness (QED) is 0.637. The van der Waals surface area contributed by atoms with E-state index in [2.05, 4.69) is 41.8 Å². The molecule has 1 aliphatic carbocycles. The van der Waals surface area contributed by atoms with E-state index in [1.54, 1.807) is 0 Å². The van der Waals surface area contributed by atoms with Crippen molar-refractivity contribution < 1.29 is 0 Å². The van der Waals surface area contributed by atoms with Crippen molar-refractivity contribution in [1.82, 2.24) is 4.90 Å². The van der Waals surface area contributed by atoms with Crippen LogP contribution in [-0.4, -0.2) is 29.2 Å². The minimum atomic E-state index is 0.698. The fourth-order valence-corrected chi connectivity index (χ4v) is 3.77. The molecular formula is C12H24NP. The van der Waals surface area contributed by atoms with Gasteiger partial charge in [0.1, 0.15) is 0 Å². The van der Waals surface area contributed by atoms with Gasteiger partial charge in [-0.3, -0.25) is 4.90 Å². The van der Waals surface area contributed by atoms with Crippen LogP contribution < -0.4 is 0 Å². The van der Waals surface area contributed by atoms with Crippen LogP contribution in [0, 0.1) is 11.3 Å². The Kier molecular flexibility index (Phi) is 2.69. The fraction of sp³-hybridized carbons (Fsp3) is 1.00. The SMILES string of the molecule is CC(C)C1CC2(CC2P)CN1C(C)C. The van der Waals surface area contributed by atoms with Crippen molar-refractivity contribution >= 4 is 9.24 Å². The summed E-state index contributed by atoms with van der Waals surface area (Å²) in [6.45, 7) is 10.8. The standard InChI is InChI=1S/C12H24NP/c1-8(2)10-5-12(6-11(12)14)7-13(10)9(3)4/h8-11H,5-7,14H2,1-4H3. The molecule has 82 valence electrons. The van der Waals surface area contributed by atoms with Gasteiger partial charge in [0.15, 0.2) is 0 Å². The normalized spacial score (nSPS) is 43.1. The first-order valence-corrected chi connectivity index (χ1v) is 6.64. The van der Waals surface area contributed by atoms with Crippen LogP contribution >= 0.6 is 9.24 Å². The maximum absolute atomic E-state index is 3.04. The second-order valence-corrected chi connectivity index (χ2v) is 6.76. The third-order valence-electron chi connectivity index (χ3n) is 4.22. The summed E-state index contributed by atoms with van der Waals surface area (Å²) in [6.07, 6.45) is 2.89. The highest BCUT2D eigenvalue weighted by molar-refractivity contribution is 7.18. The Balaban J connectivity index is 2.09. The van der Waals surface area contributed by atoms with Crippen molar-refractivity contribution in [3.05, 3.63) is 0 Å². The van der Waals surface area contributed by atoms with Gasteiger partial charge >= 0.3 is 0 Å². The fourth-order valence-electron chi connectivity index (χ4n) is 3.06. The lowest BCUT2D eigenvalue weighted by Gasteiger charge is -2.30. The van der Waals surface area contributed by atoms with Crippen LogP contribution in [0.25, 0.3) is 0 Å². The predicted octanol–water partition coefficient (Wildman–Crippen LogP) is 2.76. The summed E-state index contributed by atoms with van der Waals surface area (Å²) in [5.74, 6) is 0.814. The van der Waals surface area contributed by atoms with E-state index in [0.29, 0.717) is 5.41 Å². The average Bonchev–Trinajstić information content (AvgIpc) is 2.57. The van der Waals surface area contributed by atoms with E-state index in [0.717, 1.165) is 23.7 Å². The van der Waals surface area contributed by atoms with Crippen LogP contribution in [-0.2, 0) is 0 Å². The molecule has 0 N–H and O–H groups in total. The van der Waals surface area contributed by atoms with Gasteiger partial charge < -0.3 is 0 Å². The zero-order valence-electron chi connectivity index (χ0n) is 9.96. The van der Waals surface area contributed by atoms with Gasteiger partial charge in [0.2, 0.25) is 0 Å². The Hall–Kier alpha value is 0.390. The highest BCUT2D eigenvalue weighted by Crippen LogP contribution is 2.60. The van der Waals surface area contributed by atoms with Crippen molar-refractivity contribution in [3.63, 3.8) is 0 Å². The summed E-state index contributed by atoms with van der Waals surface area (Å²) in [4.78, 5) is 2.73. The molecule has 1 nitrogen and oxygen atoms in total. The molecule has 1 saturated carbocycles. The molecule has 1 aliphatic heterocycles. The van der Waals surface area contributed by atoms with Gasteiger partial charge in [0.05, 0.1) is 0 Å². The zero-order valence-corrected chi connectivity index (χ0v) is 11.1. The summed E-state index contributed by atoms with van der Waals surface area (Å²) < 4.78 is 0. The first kappa shape index (κ1) is 10.9. The maximum Gasteiger partial charge on any atom is 0.0127 e. The molecular weight excluding hydrogens is 189 g/mol. The van der Waals surface area contributed by atoms with Gasteiger partial charge in [-0.25, -0.2) is 0 Å². The summed E-state index contributed by atoms with van der Waals surface area (Å²) in [7, 11) is 3.04. The third kappa shape index (κ3) is 1.63. The Bertz CT molecular complexity index is 208. The summed E-state index contributed by atoms with van der Waals surface area (Å²) in [5.41, 5.74) is 1.61. The highest BCUT2D eigenvalue weighted by atomic mass is 31.0. The molecule has 1 saturated heterocycles. The summed E-state index contributed by atoms with van der Waals surface area (Å²) in [5, 5.41) is 0. The molecule has 0 amide bonds. The molecule has 0 bridgehead atoms. The molecule has 0 aromatic heterocycles. The Labute approximate surface area is 90.8 Å². The van der Waals surface area contributed by atoms with E-state index in [1.165, 1.54) is 19.4 Å². The lowest BCUT2D eigenvalue weighted by atomic mass is 9.95. The topological polar surface area (TPSA) is 3.24 Å². The zero-order chi connectivity index (χ0) is 10.5. The lowest BCUT2D eigenvalue weighted by Crippen LogP contribution is -2.38. The Morgan fingerprint density at radius 2 is 1.79 bits per heavy atom. The van der Waals surface area contributed by atoms with Crippen LogP contribution in [0.4, 0.5) is 0 Å². The second kappa shape index (κ2) is 3.46. The molecule has 1 heterocycles. The minimum Gasteiger partial charge on any atom is -0.297 e. The summed E-state index contributed by atoms with van der Waals surface area (Å²) in [6, 6.07) is 1.56. The number of likely N-dealkylation sites (tertiary alicyclic amines) is 1. The van der Waals surface area contributed by atoms with Crippen molar-refractivity contribution in [2.24, 2.45) is 11.3 Å². The predicted molar refractivity (Wildman–Crippen MR) is 65.6 cm³/mol. The minimum absolute atomic E-state index is 0.698. The number of nitrogens with zero attached hydrogens (tertiary/aromatic N) is 1. The molecule has 2 heteroatoms. The number of hydrogen-bond donors (Lipinski definition) is 0. The van der Waals surface area contributed by atoms with Crippen molar-refractivity contribution in [2.75, 3.05) is 6.54 Å². The van der Waals surface area contributed by atoms with E-state index in [1.807, 2.05) is 0 Å². The van der Waals surface area contributed by atoms with Crippen LogP contribution in [0.2, 0.25) is 0 Å². The molecule has 14 heavy (non-hydrogen) atoms. The molecule has 4 atom stereocenters. The molecule has 2 aliphatic rings. The van der Waals surface area contributed by atoms with E-state index in [9.17, 15) is 0 Å². The third-order valence-corrected chi connectivity index (χ3v) is 5.17. The van der Waals surface area contributed by atoms with Crippen molar-refractivity contribution in [1.29, 1.82) is 0 Å². The lowest BCUT2D eigenvalue weighted by molar-refractivity contribution is 0.164. The highest BCUT2D eigenvalue weighted by Gasteiger charge is 2.58. The smallest absolute Gasteiger partial charge is 0.0127 e. The Morgan fingerprint density at radius 3 is 2.07 bits per heavy atom. The average molecular weight is 213 g/mol. The molecule has 0 aromatic carbocycles. The second-order valence-electron chi connectivity index (χ2n) is 5.95. The van der Waals surface area contributed by atoms with E-state index in [4.69, 9.17) is 0 Å². The van der Waals surface area contributed by atoms with Gasteiger partial charge in [0, 0.05) is 18.6 Å². The van der Waals surface area contributed by atoms with Crippen LogP contribution in [0.5, 0.6) is 0 Å². The van der Waals surface area contributed by atoms with Crippen LogP contribution in [0.15, 0.2) is 0 Å². The van der Waals surface area contributed by atoms with Gasteiger partial charge in [-0.05, 0) is 43.7 Å². The number of hydrogen-bond acceptors (Lipinski definition) is 1. The van der Waals surface area contributed by atoms with Gasteiger partial charge in [-0.2, -0.15) is 0 Å². The molecule has 4 unspecified atom stereocenters. The first-order chi connectivity index (χ1) is 6.46. The maximum atomic E-state index is 3.04. The molecule has 2 fully saturated rings. The van der Waals surface area contributed by atoms with Gasteiger partial charge in [-0.15, -0.1) is 9.24 Å². The van der Waals surface area contributed by atoms with E-state index in [-0.39, 0.29) is 0 Å². The molecule has 1 spiro atoms. The van der Waals surface area contributed by atoms with Crippen LogP contribution in [0.1, 0.15) is 40.5 Å². The Morgan fingerprint density at radius 1 is 1.21 bits per heavy atom. The largest absolute Gasteiger partial charge is 0.297 e. The summed E-state index contributed by atoms with van der Waals surface area (Å²) >= 11 is 0. The van der Waals surface area contributed by atoms with Crippen molar-refractivity contribution in [2.45, 2.75) is 58.3 Å². The van der Waals surface area contributed by atoms with Crippen molar-refractivity contribution in [3.8, 4) is 0 Å². The van der Waals surface area contributed by atoms with Gasteiger partial charge in [-0.1, -0.05) is 13.8 Å². The molecule has 2 rings (SSSR count). The molecule has 0 aromatic rings. The monoisotopic (exact) mass is 213 g/mol. The van der Waals surface area contributed by atoms with Crippen LogP contribution in [0.3, 0.4) is 0 Å². The first-order valence-electron chi connectivity index (χ1n) is 5.97. The van der Waals surface area contributed by atoms with E-state index < -0.39 is 0 Å². The van der Waals surface area contributed by atoms with Gasteiger partial charge in [0.25, 0.3) is 0 Å². The number of rotatable bonds is 2. The van der Waals surface area contributed by atoms with E-state index >= 15 is 0 Å². The molecule has 0 radical (unpaired) electrons.